The van der Waals surface area contributed by atoms with Gasteiger partial charge in [-0.2, -0.15) is 5.10 Å². The molecular formula is C25H19FN4O3. The highest BCUT2D eigenvalue weighted by molar-refractivity contribution is 5.96. The molecule has 3 heterocycles. The number of rotatable bonds is 6. The highest BCUT2D eigenvalue weighted by Gasteiger charge is 2.24. The molecule has 5 rings (SSSR count). The maximum atomic E-state index is 13.6. The van der Waals surface area contributed by atoms with Crippen molar-refractivity contribution in [2.75, 3.05) is 0 Å². The molecule has 164 valence electrons. The lowest BCUT2D eigenvalue weighted by Gasteiger charge is -2.09. The zero-order valence-electron chi connectivity index (χ0n) is 17.6. The van der Waals surface area contributed by atoms with Crippen molar-refractivity contribution in [1.29, 1.82) is 0 Å². The van der Waals surface area contributed by atoms with Crippen LogP contribution in [0.15, 0.2) is 77.6 Å². The first-order chi connectivity index (χ1) is 16.0. The van der Waals surface area contributed by atoms with Crippen molar-refractivity contribution in [2.45, 2.75) is 19.4 Å². The minimum Gasteiger partial charge on any atom is -0.480 e. The molecule has 33 heavy (non-hydrogen) atoms. The third-order valence-electron chi connectivity index (χ3n) is 5.48. The monoisotopic (exact) mass is 442 g/mol. The molecule has 1 unspecified atom stereocenters. The van der Waals surface area contributed by atoms with Crippen molar-refractivity contribution in [3.63, 3.8) is 0 Å². The first kappa shape index (κ1) is 20.6. The van der Waals surface area contributed by atoms with E-state index in [9.17, 15) is 14.3 Å². The van der Waals surface area contributed by atoms with Gasteiger partial charge in [0.1, 0.15) is 29.6 Å². The third kappa shape index (κ3) is 3.76. The minimum atomic E-state index is -0.986. The van der Waals surface area contributed by atoms with Gasteiger partial charge in [0, 0.05) is 22.9 Å². The number of hydrogen-bond donors (Lipinski definition) is 1. The summed E-state index contributed by atoms with van der Waals surface area (Å²) in [7, 11) is 0. The van der Waals surface area contributed by atoms with Gasteiger partial charge in [-0.15, -0.1) is 0 Å². The molecule has 0 aliphatic carbocycles. The van der Waals surface area contributed by atoms with Gasteiger partial charge in [-0.1, -0.05) is 37.3 Å². The van der Waals surface area contributed by atoms with E-state index in [1.165, 1.54) is 23.1 Å². The van der Waals surface area contributed by atoms with Crippen LogP contribution in [0.4, 0.5) is 4.39 Å². The fourth-order valence-corrected chi connectivity index (χ4v) is 3.84. The predicted molar refractivity (Wildman–Crippen MR) is 121 cm³/mol. The molecule has 5 aromatic rings. The highest BCUT2D eigenvalue weighted by Crippen LogP contribution is 2.37. The lowest BCUT2D eigenvalue weighted by molar-refractivity contribution is -0.141. The molecule has 8 heteroatoms. The summed E-state index contributed by atoms with van der Waals surface area (Å²) in [6.07, 6.45) is 3.41. The molecule has 1 atom stereocenters. The number of aliphatic carboxylic acids is 1. The second-order valence-corrected chi connectivity index (χ2v) is 7.56. The smallest absolute Gasteiger partial charge is 0.328 e. The Morgan fingerprint density at radius 2 is 1.82 bits per heavy atom. The van der Waals surface area contributed by atoms with Gasteiger partial charge in [-0.05, 0) is 36.8 Å². The summed E-state index contributed by atoms with van der Waals surface area (Å²) in [6.45, 7) is 1.78. The van der Waals surface area contributed by atoms with Gasteiger partial charge in [-0.25, -0.2) is 19.2 Å². The van der Waals surface area contributed by atoms with Crippen LogP contribution in [-0.4, -0.2) is 30.8 Å². The number of carboxylic acid groups (broad SMARTS) is 1. The van der Waals surface area contributed by atoms with Crippen LogP contribution >= 0.6 is 0 Å². The Hall–Kier alpha value is -4.33. The molecule has 0 spiro atoms. The van der Waals surface area contributed by atoms with Gasteiger partial charge in [0.2, 0.25) is 5.71 Å². The highest BCUT2D eigenvalue weighted by atomic mass is 19.1. The van der Waals surface area contributed by atoms with Gasteiger partial charge in [0.25, 0.3) is 0 Å². The molecule has 0 radical (unpaired) electrons. The quantitative estimate of drug-likeness (QED) is 0.368. The van der Waals surface area contributed by atoms with E-state index < -0.39 is 12.0 Å². The van der Waals surface area contributed by atoms with Crippen molar-refractivity contribution in [1.82, 2.24) is 19.7 Å². The van der Waals surface area contributed by atoms with Gasteiger partial charge in [0.05, 0.1) is 11.1 Å². The van der Waals surface area contributed by atoms with Gasteiger partial charge >= 0.3 is 5.97 Å². The molecule has 0 amide bonds. The van der Waals surface area contributed by atoms with Crippen LogP contribution in [-0.2, 0) is 4.79 Å². The van der Waals surface area contributed by atoms with Crippen molar-refractivity contribution in [3.8, 4) is 33.8 Å². The minimum absolute atomic E-state index is 0.350. The summed E-state index contributed by atoms with van der Waals surface area (Å²) in [6, 6.07) is 16.5. The lowest BCUT2D eigenvalue weighted by atomic mass is 10.0. The molecule has 1 N–H and O–H groups in total. The van der Waals surface area contributed by atoms with Crippen LogP contribution in [0.1, 0.15) is 19.4 Å². The molecule has 2 aromatic carbocycles. The normalized spacial score (nSPS) is 12.2. The predicted octanol–water partition coefficient (Wildman–Crippen LogP) is 5.60. The number of carbonyl (C=O) groups is 1. The van der Waals surface area contributed by atoms with Crippen molar-refractivity contribution in [3.05, 3.63) is 79.0 Å². The second-order valence-electron chi connectivity index (χ2n) is 7.56. The van der Waals surface area contributed by atoms with Crippen LogP contribution in [0.2, 0.25) is 0 Å². The number of carboxylic acids is 1. The summed E-state index contributed by atoms with van der Waals surface area (Å²) in [5.74, 6) is -0.719. The maximum Gasteiger partial charge on any atom is 0.328 e. The van der Waals surface area contributed by atoms with Crippen LogP contribution in [0, 0.1) is 5.82 Å². The van der Waals surface area contributed by atoms with Crippen molar-refractivity contribution in [2.24, 2.45) is 0 Å². The zero-order chi connectivity index (χ0) is 22.9. The molecule has 0 aliphatic rings. The Bertz CT molecular complexity index is 1440. The largest absolute Gasteiger partial charge is 0.480 e. The van der Waals surface area contributed by atoms with Crippen molar-refractivity contribution >= 4 is 17.1 Å². The topological polar surface area (TPSA) is 94.0 Å². The van der Waals surface area contributed by atoms with Crippen LogP contribution in [0.5, 0.6) is 0 Å². The number of fused-ring (bicyclic) bond motifs is 1. The molecule has 0 saturated heterocycles. The summed E-state index contributed by atoms with van der Waals surface area (Å²) in [5, 5.41) is 14.9. The van der Waals surface area contributed by atoms with Gasteiger partial charge < -0.3 is 9.52 Å². The Labute approximate surface area is 188 Å². The van der Waals surface area contributed by atoms with E-state index in [4.69, 9.17) is 4.42 Å². The molecule has 0 saturated carbocycles. The standard InChI is InChI=1S/C25H19FN4O3/c1-2-20(25(31)32)30-13-19(22(29-30)16-8-10-17(26)11-9-16)23-18-12-21(15-6-4-3-5-7-15)33-24(18)28-14-27-23/h3-14,20H,2H2,1H3,(H,31,32). The number of benzene rings is 2. The number of aromatic nitrogens is 4. The average molecular weight is 442 g/mol. The van der Waals surface area contributed by atoms with Gasteiger partial charge in [0.15, 0.2) is 0 Å². The SMILES string of the molecule is CCC(C(=O)O)n1cc(-c2ncnc3oc(-c4ccccc4)cc23)c(-c2ccc(F)cc2)n1. The van der Waals surface area contributed by atoms with Crippen LogP contribution < -0.4 is 0 Å². The fourth-order valence-electron chi connectivity index (χ4n) is 3.84. The Morgan fingerprint density at radius 3 is 2.52 bits per heavy atom. The molecule has 3 aromatic heterocycles. The van der Waals surface area contributed by atoms with Crippen LogP contribution in [0.25, 0.3) is 44.9 Å². The number of furan rings is 1. The van der Waals surface area contributed by atoms with E-state index in [1.807, 2.05) is 36.4 Å². The zero-order valence-corrected chi connectivity index (χ0v) is 17.6. The van der Waals surface area contributed by atoms with E-state index in [0.717, 1.165) is 5.56 Å². The number of halogens is 1. The van der Waals surface area contributed by atoms with Gasteiger partial charge in [-0.3, -0.25) is 4.68 Å². The molecule has 0 bridgehead atoms. The van der Waals surface area contributed by atoms with E-state index in [1.54, 1.807) is 25.3 Å². The fraction of sp³-hybridized carbons (Fsp3) is 0.120. The maximum absolute atomic E-state index is 13.6. The van der Waals surface area contributed by atoms with E-state index in [0.29, 0.717) is 45.8 Å². The number of nitrogens with zero attached hydrogens (tertiary/aromatic N) is 4. The summed E-state index contributed by atoms with van der Waals surface area (Å²) in [5.41, 5.74) is 3.60. The third-order valence-corrected chi connectivity index (χ3v) is 5.48. The average Bonchev–Trinajstić information content (AvgIpc) is 3.45. The van der Waals surface area contributed by atoms with E-state index >= 15 is 0 Å². The molecule has 7 nitrogen and oxygen atoms in total. The summed E-state index contributed by atoms with van der Waals surface area (Å²) in [4.78, 5) is 20.5. The number of hydrogen-bond acceptors (Lipinski definition) is 5. The van der Waals surface area contributed by atoms with Crippen LogP contribution in [0.3, 0.4) is 0 Å². The van der Waals surface area contributed by atoms with E-state index in [2.05, 4.69) is 15.1 Å². The Kier molecular flexibility index (Phi) is 5.18. The first-order valence-corrected chi connectivity index (χ1v) is 10.4. The molecule has 0 aliphatic heterocycles. The first-order valence-electron chi connectivity index (χ1n) is 10.4. The van der Waals surface area contributed by atoms with Crippen molar-refractivity contribution < 1.29 is 18.7 Å². The lowest BCUT2D eigenvalue weighted by Crippen LogP contribution is -2.18. The second kappa shape index (κ2) is 8.31. The summed E-state index contributed by atoms with van der Waals surface area (Å²) >= 11 is 0. The Balaban J connectivity index is 1.72. The van der Waals surface area contributed by atoms with E-state index in [-0.39, 0.29) is 5.82 Å². The molecular weight excluding hydrogens is 423 g/mol. The summed E-state index contributed by atoms with van der Waals surface area (Å²) < 4.78 is 20.9. The Morgan fingerprint density at radius 1 is 1.06 bits per heavy atom. The molecule has 0 fully saturated rings.